The van der Waals surface area contributed by atoms with Crippen LogP contribution in [0.2, 0.25) is 0 Å². The molecule has 0 radical (unpaired) electrons. The van der Waals surface area contributed by atoms with Gasteiger partial charge in [-0.15, -0.1) is 23.5 Å². The molecular weight excluding hydrogens is 260 g/mol. The maximum atomic E-state index is 12.5. The number of ketones is 1. The van der Waals surface area contributed by atoms with E-state index in [0.717, 1.165) is 35.5 Å². The molecule has 0 N–H and O–H groups in total. The number of Topliss-reactive ketones (excluding diaryl/α,β-unsaturated/α-hetero) is 1. The van der Waals surface area contributed by atoms with Crippen LogP contribution in [0.4, 0.5) is 0 Å². The van der Waals surface area contributed by atoms with Crippen molar-refractivity contribution in [3.05, 3.63) is 9.81 Å². The maximum absolute atomic E-state index is 12.5. The van der Waals surface area contributed by atoms with Crippen LogP contribution in [0.25, 0.3) is 0 Å². The van der Waals surface area contributed by atoms with Crippen LogP contribution >= 0.6 is 23.5 Å². The third-order valence-corrected chi connectivity index (χ3v) is 9.56. The first-order valence-corrected chi connectivity index (χ1v) is 9.38. The fraction of sp³-hybridized carbons (Fsp3) is 0.800. The number of carbonyl (C=O) groups excluding carboxylic acids is 1. The highest BCUT2D eigenvalue weighted by Crippen LogP contribution is 2.84. The summed E-state index contributed by atoms with van der Waals surface area (Å²) in [5.41, 5.74) is 1.81. The van der Waals surface area contributed by atoms with Crippen LogP contribution in [0.1, 0.15) is 12.8 Å². The zero-order chi connectivity index (χ0) is 11.6. The normalized spacial score (nSPS) is 62.1. The van der Waals surface area contributed by atoms with Crippen molar-refractivity contribution >= 4 is 29.3 Å². The van der Waals surface area contributed by atoms with E-state index in [1.807, 2.05) is 5.57 Å². The number of fused-ring (bicyclic) bond motifs is 2. The Morgan fingerprint density at radius 1 is 0.889 bits per heavy atom. The van der Waals surface area contributed by atoms with E-state index in [4.69, 9.17) is 0 Å². The summed E-state index contributed by atoms with van der Waals surface area (Å²) in [7, 11) is 0. The molecule has 94 valence electrons. The Kier molecular flexibility index (Phi) is 1.60. The lowest BCUT2D eigenvalue weighted by Crippen LogP contribution is -2.45. The van der Waals surface area contributed by atoms with Crippen LogP contribution in [-0.4, -0.2) is 17.3 Å². The van der Waals surface area contributed by atoms with Crippen LogP contribution in [0.3, 0.4) is 0 Å². The number of hydrogen-bond acceptors (Lipinski definition) is 3. The van der Waals surface area contributed by atoms with Gasteiger partial charge in [0.05, 0.1) is 0 Å². The van der Waals surface area contributed by atoms with Gasteiger partial charge in [-0.2, -0.15) is 0 Å². The monoisotopic (exact) mass is 276 g/mol. The van der Waals surface area contributed by atoms with Gasteiger partial charge >= 0.3 is 0 Å². The van der Waals surface area contributed by atoms with Crippen molar-refractivity contribution in [1.29, 1.82) is 0 Å². The summed E-state index contributed by atoms with van der Waals surface area (Å²) in [5.74, 6) is 9.35. The van der Waals surface area contributed by atoms with Crippen molar-refractivity contribution in [3.63, 3.8) is 0 Å². The molecule has 0 amide bonds. The fourth-order valence-corrected chi connectivity index (χ4v) is 9.58. The van der Waals surface area contributed by atoms with Crippen molar-refractivity contribution in [3.8, 4) is 0 Å². The van der Waals surface area contributed by atoms with Gasteiger partial charge in [0.25, 0.3) is 0 Å². The van der Waals surface area contributed by atoms with Crippen molar-refractivity contribution in [2.24, 2.45) is 47.3 Å². The summed E-state index contributed by atoms with van der Waals surface area (Å²) in [6.45, 7) is 0. The second-order valence-electron chi connectivity index (χ2n) is 7.02. The molecule has 6 aliphatic rings. The smallest absolute Gasteiger partial charge is 0.140 e. The summed E-state index contributed by atoms with van der Waals surface area (Å²) >= 11 is 4.23. The predicted molar refractivity (Wildman–Crippen MR) is 74.1 cm³/mol. The van der Waals surface area contributed by atoms with Gasteiger partial charge in [0, 0.05) is 16.1 Å². The molecule has 0 aromatic carbocycles. The first-order chi connectivity index (χ1) is 8.88. The average molecular weight is 276 g/mol. The topological polar surface area (TPSA) is 17.1 Å². The lowest BCUT2D eigenvalue weighted by Gasteiger charge is -2.45. The Hall–Kier alpha value is 0.110. The molecule has 6 rings (SSSR count). The van der Waals surface area contributed by atoms with Gasteiger partial charge in [0.1, 0.15) is 5.78 Å². The first kappa shape index (κ1) is 9.93. The van der Waals surface area contributed by atoms with Gasteiger partial charge in [-0.3, -0.25) is 4.79 Å². The molecule has 8 atom stereocenters. The predicted octanol–water partition coefficient (Wildman–Crippen LogP) is 3.02. The Morgan fingerprint density at radius 3 is 2.44 bits per heavy atom. The standard InChI is InChI=1S/C15H16OS2/c16-14-10-6-4-5-7-8(6)12(14)11(7)13(9(5)10)15-17-2-1-3-18-15/h5-12H,1-4H2. The van der Waals surface area contributed by atoms with Crippen molar-refractivity contribution in [1.82, 2.24) is 0 Å². The Labute approximate surface area is 116 Å². The van der Waals surface area contributed by atoms with Gasteiger partial charge in [0.15, 0.2) is 0 Å². The molecule has 8 unspecified atom stereocenters. The number of allylic oxidation sites excluding steroid dienone is 1. The Morgan fingerprint density at radius 2 is 1.61 bits per heavy atom. The quantitative estimate of drug-likeness (QED) is 0.677. The van der Waals surface area contributed by atoms with Gasteiger partial charge in [-0.25, -0.2) is 0 Å². The molecule has 2 bridgehead atoms. The second-order valence-corrected chi connectivity index (χ2v) is 9.49. The molecule has 1 nitrogen and oxygen atoms in total. The number of hydrogen-bond donors (Lipinski definition) is 0. The first-order valence-electron chi connectivity index (χ1n) is 7.41. The van der Waals surface area contributed by atoms with E-state index < -0.39 is 0 Å². The molecule has 18 heavy (non-hydrogen) atoms. The summed E-state index contributed by atoms with van der Waals surface area (Å²) < 4.78 is 1.67. The lowest BCUT2D eigenvalue weighted by molar-refractivity contribution is -0.130. The highest BCUT2D eigenvalue weighted by Gasteiger charge is 2.82. The largest absolute Gasteiger partial charge is 0.299 e. The van der Waals surface area contributed by atoms with Crippen molar-refractivity contribution in [2.75, 3.05) is 11.5 Å². The number of carbonyl (C=O) groups is 1. The number of thioether (sulfide) groups is 2. The summed E-state index contributed by atoms with van der Waals surface area (Å²) in [5, 5.41) is 0. The van der Waals surface area contributed by atoms with Gasteiger partial charge in [-0.1, -0.05) is 0 Å². The van der Waals surface area contributed by atoms with Gasteiger partial charge in [-0.05, 0) is 65.4 Å². The molecule has 6 fully saturated rings. The second kappa shape index (κ2) is 2.90. The minimum Gasteiger partial charge on any atom is -0.299 e. The third kappa shape index (κ3) is 0.793. The zero-order valence-corrected chi connectivity index (χ0v) is 11.8. The minimum atomic E-state index is 0.491. The van der Waals surface area contributed by atoms with E-state index in [1.165, 1.54) is 24.3 Å². The van der Waals surface area contributed by atoms with E-state index in [-0.39, 0.29) is 0 Å². The summed E-state index contributed by atoms with van der Waals surface area (Å²) in [6, 6.07) is 0. The molecule has 5 aliphatic carbocycles. The Balaban J connectivity index is 1.57. The Bertz CT molecular complexity index is 517. The van der Waals surface area contributed by atoms with Crippen LogP contribution < -0.4 is 0 Å². The molecule has 1 heterocycles. The molecule has 0 aromatic heterocycles. The molecule has 0 spiro atoms. The van der Waals surface area contributed by atoms with Gasteiger partial charge < -0.3 is 0 Å². The van der Waals surface area contributed by atoms with Crippen molar-refractivity contribution < 1.29 is 4.79 Å². The van der Waals surface area contributed by atoms with Crippen molar-refractivity contribution in [2.45, 2.75) is 12.8 Å². The average Bonchev–Trinajstić information content (AvgIpc) is 2.89. The lowest BCUT2D eigenvalue weighted by atomic mass is 9.59. The summed E-state index contributed by atoms with van der Waals surface area (Å²) in [4.78, 5) is 12.5. The van der Waals surface area contributed by atoms with Crippen LogP contribution in [0.5, 0.6) is 0 Å². The van der Waals surface area contributed by atoms with Crippen LogP contribution in [0, 0.1) is 47.3 Å². The third-order valence-electron chi connectivity index (χ3n) is 6.87. The zero-order valence-electron chi connectivity index (χ0n) is 10.2. The van der Waals surface area contributed by atoms with E-state index >= 15 is 0 Å². The van der Waals surface area contributed by atoms with Crippen LogP contribution in [0.15, 0.2) is 9.81 Å². The van der Waals surface area contributed by atoms with E-state index in [9.17, 15) is 4.79 Å². The molecule has 1 saturated heterocycles. The highest BCUT2D eigenvalue weighted by molar-refractivity contribution is 8.22. The van der Waals surface area contributed by atoms with Crippen LogP contribution in [-0.2, 0) is 4.79 Å². The van der Waals surface area contributed by atoms with E-state index in [2.05, 4.69) is 23.5 Å². The summed E-state index contributed by atoms with van der Waals surface area (Å²) in [6.07, 6.45) is 2.78. The van der Waals surface area contributed by atoms with E-state index in [0.29, 0.717) is 17.6 Å². The maximum Gasteiger partial charge on any atom is 0.140 e. The molecule has 0 aromatic rings. The number of rotatable bonds is 0. The molecule has 5 saturated carbocycles. The molecule has 1 aliphatic heterocycles. The highest BCUT2D eigenvalue weighted by atomic mass is 32.2. The molecule has 3 heteroatoms. The fourth-order valence-electron chi connectivity index (χ4n) is 6.74. The van der Waals surface area contributed by atoms with Gasteiger partial charge in [0.2, 0.25) is 0 Å². The minimum absolute atomic E-state index is 0.491. The SMILES string of the molecule is O=C1C2C3CC4C2C(=C2SCCCS2)C2C1C3C42. The molecular formula is C15H16OS2. The van der Waals surface area contributed by atoms with E-state index in [1.54, 1.807) is 4.24 Å².